The van der Waals surface area contributed by atoms with E-state index in [-0.39, 0.29) is 16.5 Å². The van der Waals surface area contributed by atoms with Crippen LogP contribution in [-0.2, 0) is 16.6 Å². The van der Waals surface area contributed by atoms with Gasteiger partial charge in [-0.3, -0.25) is 9.52 Å². The number of anilines is 1. The molecule has 1 amide bonds. The normalized spacial score (nSPS) is 11.3. The van der Waals surface area contributed by atoms with Gasteiger partial charge in [-0.2, -0.15) is 0 Å². The predicted molar refractivity (Wildman–Crippen MR) is 113 cm³/mol. The van der Waals surface area contributed by atoms with E-state index in [1.807, 2.05) is 24.4 Å². The first-order chi connectivity index (χ1) is 13.8. The Bertz CT molecular complexity index is 1110. The molecule has 29 heavy (non-hydrogen) atoms. The summed E-state index contributed by atoms with van der Waals surface area (Å²) in [4.78, 5) is 15.5. The van der Waals surface area contributed by atoms with E-state index in [1.165, 1.54) is 18.2 Å². The second-order valence-corrected chi connectivity index (χ2v) is 9.21. The number of hydrogen-bond acceptors (Lipinski definition) is 4. The van der Waals surface area contributed by atoms with E-state index in [1.54, 1.807) is 41.4 Å². The van der Waals surface area contributed by atoms with E-state index in [0.717, 1.165) is 10.9 Å². The summed E-state index contributed by atoms with van der Waals surface area (Å²) in [7, 11) is -3.98. The van der Waals surface area contributed by atoms with Gasteiger partial charge in [0.15, 0.2) is 0 Å². The number of rotatable bonds is 7. The van der Waals surface area contributed by atoms with Gasteiger partial charge in [0.25, 0.3) is 15.9 Å². The van der Waals surface area contributed by atoms with Crippen LogP contribution in [0.4, 0.5) is 10.1 Å². The number of nitrogens with zero attached hydrogens (tertiary/aromatic N) is 1. The monoisotopic (exact) mass is 432 g/mol. The molecule has 8 heteroatoms. The van der Waals surface area contributed by atoms with E-state index in [9.17, 15) is 17.6 Å². The molecule has 0 aliphatic carbocycles. The van der Waals surface area contributed by atoms with Gasteiger partial charge >= 0.3 is 0 Å². The molecule has 0 saturated heterocycles. The summed E-state index contributed by atoms with van der Waals surface area (Å²) in [6.07, 6.45) is 0. The van der Waals surface area contributed by atoms with Gasteiger partial charge in [0.05, 0.1) is 11.4 Å². The van der Waals surface area contributed by atoms with Crippen LogP contribution in [0.5, 0.6) is 0 Å². The molecule has 5 nitrogen and oxygen atoms in total. The van der Waals surface area contributed by atoms with Crippen LogP contribution in [0.2, 0.25) is 0 Å². The van der Waals surface area contributed by atoms with Crippen molar-refractivity contribution >= 4 is 33.0 Å². The van der Waals surface area contributed by atoms with Gasteiger partial charge in [0.2, 0.25) is 0 Å². The van der Waals surface area contributed by atoms with Crippen LogP contribution in [0.3, 0.4) is 0 Å². The second-order valence-electron chi connectivity index (χ2n) is 6.50. The van der Waals surface area contributed by atoms with E-state index in [0.29, 0.717) is 24.2 Å². The van der Waals surface area contributed by atoms with Gasteiger partial charge in [0, 0.05) is 22.7 Å². The number of carbonyl (C=O) groups excluding carboxylic acids is 1. The first-order valence-electron chi connectivity index (χ1n) is 9.01. The summed E-state index contributed by atoms with van der Waals surface area (Å²) in [5, 5.41) is 1.96. The SMILES string of the molecule is CCN(Cc1cccs1)C(=O)c1cccc(NS(=O)(=O)c2ccc(C)c(F)c2)c1. The molecule has 0 fully saturated rings. The Labute approximate surface area is 173 Å². The molecule has 2 aromatic carbocycles. The van der Waals surface area contributed by atoms with Crippen LogP contribution < -0.4 is 4.72 Å². The van der Waals surface area contributed by atoms with Crippen LogP contribution >= 0.6 is 11.3 Å². The molecule has 152 valence electrons. The van der Waals surface area contributed by atoms with Gasteiger partial charge in [0.1, 0.15) is 5.82 Å². The van der Waals surface area contributed by atoms with Crippen molar-refractivity contribution in [3.63, 3.8) is 0 Å². The molecular weight excluding hydrogens is 411 g/mol. The smallest absolute Gasteiger partial charge is 0.261 e. The molecule has 0 aliphatic heterocycles. The molecule has 3 aromatic rings. The average molecular weight is 433 g/mol. The Balaban J connectivity index is 1.81. The van der Waals surface area contributed by atoms with Gasteiger partial charge < -0.3 is 4.90 Å². The zero-order valence-corrected chi connectivity index (χ0v) is 17.7. The number of aryl methyl sites for hydroxylation is 1. The zero-order chi connectivity index (χ0) is 21.0. The van der Waals surface area contributed by atoms with Crippen molar-refractivity contribution in [2.24, 2.45) is 0 Å². The minimum Gasteiger partial charge on any atom is -0.334 e. The number of halogens is 1. The zero-order valence-electron chi connectivity index (χ0n) is 16.1. The van der Waals surface area contributed by atoms with Crippen molar-refractivity contribution in [3.8, 4) is 0 Å². The van der Waals surface area contributed by atoms with Crippen LogP contribution in [0.15, 0.2) is 64.9 Å². The summed E-state index contributed by atoms with van der Waals surface area (Å²) < 4.78 is 41.3. The van der Waals surface area contributed by atoms with E-state index in [2.05, 4.69) is 4.72 Å². The Hall–Kier alpha value is -2.71. The molecule has 1 aromatic heterocycles. The highest BCUT2D eigenvalue weighted by atomic mass is 32.2. The Morgan fingerprint density at radius 3 is 2.59 bits per heavy atom. The first kappa shape index (κ1) is 21.0. The maximum absolute atomic E-state index is 13.8. The topological polar surface area (TPSA) is 66.5 Å². The van der Waals surface area contributed by atoms with Crippen molar-refractivity contribution in [1.82, 2.24) is 4.90 Å². The average Bonchev–Trinajstić information content (AvgIpc) is 3.20. The first-order valence-corrected chi connectivity index (χ1v) is 11.4. The maximum Gasteiger partial charge on any atom is 0.261 e. The van der Waals surface area contributed by atoms with Crippen molar-refractivity contribution in [2.75, 3.05) is 11.3 Å². The summed E-state index contributed by atoms with van der Waals surface area (Å²) in [6.45, 7) is 4.47. The summed E-state index contributed by atoms with van der Waals surface area (Å²) in [6, 6.07) is 13.9. The van der Waals surface area contributed by atoms with Gasteiger partial charge in [-0.05, 0) is 61.2 Å². The fraction of sp³-hybridized carbons (Fsp3) is 0.190. The number of nitrogens with one attached hydrogen (secondary N) is 1. The molecule has 0 bridgehead atoms. The number of hydrogen-bond donors (Lipinski definition) is 1. The number of sulfonamides is 1. The van der Waals surface area contributed by atoms with E-state index >= 15 is 0 Å². The lowest BCUT2D eigenvalue weighted by molar-refractivity contribution is 0.0754. The minimum atomic E-state index is -3.98. The third-order valence-electron chi connectivity index (χ3n) is 4.41. The lowest BCUT2D eigenvalue weighted by Crippen LogP contribution is -2.30. The molecule has 1 heterocycles. The highest BCUT2D eigenvalue weighted by Crippen LogP contribution is 2.21. The van der Waals surface area contributed by atoms with Crippen LogP contribution in [0.1, 0.15) is 27.7 Å². The highest BCUT2D eigenvalue weighted by molar-refractivity contribution is 7.92. The lowest BCUT2D eigenvalue weighted by Gasteiger charge is -2.20. The second kappa shape index (κ2) is 8.75. The molecule has 1 N–H and O–H groups in total. The molecular formula is C21H21FN2O3S2. The van der Waals surface area contributed by atoms with Crippen molar-refractivity contribution in [3.05, 3.63) is 81.8 Å². The standard InChI is InChI=1S/C21H21FN2O3S2/c1-3-24(14-18-8-5-11-28-18)21(25)16-6-4-7-17(12-16)23-29(26,27)19-10-9-15(2)20(22)13-19/h4-13,23H,3,14H2,1-2H3. The fourth-order valence-corrected chi connectivity index (χ4v) is 4.55. The van der Waals surface area contributed by atoms with Crippen molar-refractivity contribution in [2.45, 2.75) is 25.3 Å². The minimum absolute atomic E-state index is 0.176. The maximum atomic E-state index is 13.8. The van der Waals surface area contributed by atoms with Crippen LogP contribution in [0, 0.1) is 12.7 Å². The Morgan fingerprint density at radius 2 is 1.93 bits per heavy atom. The third kappa shape index (κ3) is 5.02. The summed E-state index contributed by atoms with van der Waals surface area (Å²) >= 11 is 1.57. The molecule has 0 aliphatic rings. The number of benzene rings is 2. The molecule has 0 saturated carbocycles. The van der Waals surface area contributed by atoms with E-state index in [4.69, 9.17) is 0 Å². The quantitative estimate of drug-likeness (QED) is 0.591. The molecule has 0 unspecified atom stereocenters. The van der Waals surface area contributed by atoms with Gasteiger partial charge in [-0.1, -0.05) is 18.2 Å². The summed E-state index contributed by atoms with van der Waals surface area (Å²) in [5.74, 6) is -0.785. The highest BCUT2D eigenvalue weighted by Gasteiger charge is 2.19. The Kier molecular flexibility index (Phi) is 6.34. The van der Waals surface area contributed by atoms with Crippen LogP contribution in [-0.4, -0.2) is 25.8 Å². The number of thiophene rings is 1. The molecule has 0 radical (unpaired) electrons. The molecule has 0 spiro atoms. The largest absolute Gasteiger partial charge is 0.334 e. The molecule has 0 atom stereocenters. The fourth-order valence-electron chi connectivity index (χ4n) is 2.77. The summed E-state index contributed by atoms with van der Waals surface area (Å²) in [5.41, 5.74) is 0.977. The number of amides is 1. The number of carbonyl (C=O) groups is 1. The van der Waals surface area contributed by atoms with Crippen molar-refractivity contribution < 1.29 is 17.6 Å². The Morgan fingerprint density at radius 1 is 1.14 bits per heavy atom. The van der Waals surface area contributed by atoms with Gasteiger partial charge in [-0.15, -0.1) is 11.3 Å². The van der Waals surface area contributed by atoms with E-state index < -0.39 is 15.8 Å². The molecule has 3 rings (SSSR count). The third-order valence-corrected chi connectivity index (χ3v) is 6.65. The lowest BCUT2D eigenvalue weighted by atomic mass is 10.1. The van der Waals surface area contributed by atoms with Gasteiger partial charge in [-0.25, -0.2) is 12.8 Å². The predicted octanol–water partition coefficient (Wildman–Crippen LogP) is 4.66. The van der Waals surface area contributed by atoms with Crippen molar-refractivity contribution in [1.29, 1.82) is 0 Å². The van der Waals surface area contributed by atoms with Crippen LogP contribution in [0.25, 0.3) is 0 Å².